The van der Waals surface area contributed by atoms with Crippen LogP contribution in [0.15, 0.2) is 78.9 Å². The van der Waals surface area contributed by atoms with Crippen molar-refractivity contribution in [2.75, 3.05) is 19.6 Å². The van der Waals surface area contributed by atoms with E-state index in [-0.39, 0.29) is 23.5 Å². The summed E-state index contributed by atoms with van der Waals surface area (Å²) in [6, 6.07) is 23.4. The molecule has 1 unspecified atom stereocenters. The molecule has 3 aromatic carbocycles. The molecule has 1 N–H and O–H groups in total. The van der Waals surface area contributed by atoms with E-state index < -0.39 is 0 Å². The third kappa shape index (κ3) is 4.57. The fourth-order valence-corrected chi connectivity index (χ4v) is 3.81. The topological polar surface area (TPSA) is 49.4 Å². The molecule has 3 aromatic rings. The highest BCUT2D eigenvalue weighted by Crippen LogP contribution is 2.23. The number of hydrogen-bond donors (Lipinski definition) is 1. The second-order valence-electron chi connectivity index (χ2n) is 7.52. The lowest BCUT2D eigenvalue weighted by molar-refractivity contribution is -0.124. The molecular weight excluding hydrogens is 379 g/mol. The molecule has 2 amide bonds. The van der Waals surface area contributed by atoms with Crippen LogP contribution in [0, 0.1) is 11.7 Å². The van der Waals surface area contributed by atoms with Crippen molar-refractivity contribution in [3.8, 4) is 11.1 Å². The molecule has 0 spiro atoms. The van der Waals surface area contributed by atoms with Crippen molar-refractivity contribution in [3.63, 3.8) is 0 Å². The molecular formula is C25H23FN2O2. The number of nitrogens with zero attached hydrogens (tertiary/aromatic N) is 1. The smallest absolute Gasteiger partial charge is 0.253 e. The number of rotatable bonds is 4. The van der Waals surface area contributed by atoms with Gasteiger partial charge in [0.2, 0.25) is 5.91 Å². The Bertz CT molecular complexity index is 1030. The molecule has 1 aliphatic heterocycles. The van der Waals surface area contributed by atoms with E-state index in [4.69, 9.17) is 0 Å². The third-order valence-electron chi connectivity index (χ3n) is 5.39. The summed E-state index contributed by atoms with van der Waals surface area (Å²) in [5.74, 6) is -0.695. The van der Waals surface area contributed by atoms with Crippen molar-refractivity contribution in [2.24, 2.45) is 5.92 Å². The van der Waals surface area contributed by atoms with Crippen LogP contribution in [-0.4, -0.2) is 36.3 Å². The highest BCUT2D eigenvalue weighted by atomic mass is 19.1. The van der Waals surface area contributed by atoms with E-state index in [1.807, 2.05) is 42.5 Å². The summed E-state index contributed by atoms with van der Waals surface area (Å²) in [5.41, 5.74) is 3.53. The van der Waals surface area contributed by atoms with Crippen molar-refractivity contribution in [2.45, 2.75) is 6.42 Å². The first-order chi connectivity index (χ1) is 14.6. The maximum Gasteiger partial charge on any atom is 0.253 e. The van der Waals surface area contributed by atoms with E-state index in [0.29, 0.717) is 31.6 Å². The van der Waals surface area contributed by atoms with Crippen molar-refractivity contribution >= 4 is 11.8 Å². The highest BCUT2D eigenvalue weighted by molar-refractivity contribution is 5.94. The Labute approximate surface area is 175 Å². The largest absolute Gasteiger partial charge is 0.354 e. The minimum Gasteiger partial charge on any atom is -0.354 e. The van der Waals surface area contributed by atoms with Crippen molar-refractivity contribution in [3.05, 3.63) is 95.8 Å². The van der Waals surface area contributed by atoms with Gasteiger partial charge in [0.15, 0.2) is 0 Å². The van der Waals surface area contributed by atoms with Gasteiger partial charge in [-0.15, -0.1) is 0 Å². The van der Waals surface area contributed by atoms with E-state index in [1.165, 1.54) is 12.1 Å². The van der Waals surface area contributed by atoms with E-state index >= 15 is 0 Å². The number of halogens is 1. The minimum absolute atomic E-state index is 0.0365. The summed E-state index contributed by atoms with van der Waals surface area (Å²) in [7, 11) is 0. The first-order valence-corrected chi connectivity index (χ1v) is 10.1. The van der Waals surface area contributed by atoms with Gasteiger partial charge in [0.1, 0.15) is 5.82 Å². The van der Waals surface area contributed by atoms with Gasteiger partial charge in [0.25, 0.3) is 5.91 Å². The van der Waals surface area contributed by atoms with E-state index in [0.717, 1.165) is 16.7 Å². The Kier molecular flexibility index (Phi) is 5.89. The molecule has 0 saturated carbocycles. The van der Waals surface area contributed by atoms with Gasteiger partial charge in [-0.1, -0.05) is 54.6 Å². The number of amides is 2. The van der Waals surface area contributed by atoms with Crippen LogP contribution in [0.2, 0.25) is 0 Å². The number of nitrogens with one attached hydrogen (secondary N) is 1. The molecule has 1 fully saturated rings. The summed E-state index contributed by atoms with van der Waals surface area (Å²) < 4.78 is 13.2. The van der Waals surface area contributed by atoms with Crippen LogP contribution in [0.3, 0.4) is 0 Å². The molecule has 1 atom stereocenters. The normalized spacial score (nSPS) is 16.6. The molecule has 0 aromatic heterocycles. The summed E-state index contributed by atoms with van der Waals surface area (Å²) >= 11 is 0. The van der Waals surface area contributed by atoms with Gasteiger partial charge in [-0.25, -0.2) is 4.39 Å². The second-order valence-corrected chi connectivity index (χ2v) is 7.52. The van der Waals surface area contributed by atoms with Crippen LogP contribution >= 0.6 is 0 Å². The first kappa shape index (κ1) is 19.8. The summed E-state index contributed by atoms with van der Waals surface area (Å²) in [5, 5.41) is 2.93. The van der Waals surface area contributed by atoms with Crippen LogP contribution in [0.25, 0.3) is 11.1 Å². The van der Waals surface area contributed by atoms with Crippen LogP contribution in [0.4, 0.5) is 4.39 Å². The Morgan fingerprint density at radius 2 is 1.73 bits per heavy atom. The zero-order valence-corrected chi connectivity index (χ0v) is 16.6. The number of carbonyl (C=O) groups excluding carboxylic acids is 2. The lowest BCUT2D eigenvalue weighted by atomic mass is 9.95. The Morgan fingerprint density at radius 1 is 0.967 bits per heavy atom. The highest BCUT2D eigenvalue weighted by Gasteiger charge is 2.28. The van der Waals surface area contributed by atoms with E-state index in [2.05, 4.69) is 5.32 Å². The molecule has 1 aliphatic rings. The Morgan fingerprint density at radius 3 is 2.50 bits per heavy atom. The number of carbonyl (C=O) groups is 2. The lowest BCUT2D eigenvalue weighted by Crippen LogP contribution is -2.37. The molecule has 0 aliphatic carbocycles. The zero-order valence-electron chi connectivity index (χ0n) is 16.6. The van der Waals surface area contributed by atoms with Gasteiger partial charge in [-0.05, 0) is 47.4 Å². The average molecular weight is 402 g/mol. The van der Waals surface area contributed by atoms with Gasteiger partial charge < -0.3 is 10.2 Å². The maximum atomic E-state index is 13.2. The Balaban J connectivity index is 1.52. The molecule has 30 heavy (non-hydrogen) atoms. The molecule has 1 saturated heterocycles. The van der Waals surface area contributed by atoms with E-state index in [9.17, 15) is 14.0 Å². The monoisotopic (exact) mass is 402 g/mol. The van der Waals surface area contributed by atoms with Crippen molar-refractivity contribution in [1.29, 1.82) is 0 Å². The molecule has 5 heteroatoms. The fraction of sp³-hybridized carbons (Fsp3) is 0.200. The second kappa shape index (κ2) is 8.91. The van der Waals surface area contributed by atoms with Gasteiger partial charge in [-0.3, -0.25) is 9.59 Å². The molecule has 4 nitrogen and oxygen atoms in total. The van der Waals surface area contributed by atoms with Gasteiger partial charge in [0.05, 0.1) is 5.92 Å². The lowest BCUT2D eigenvalue weighted by Gasteiger charge is -2.23. The van der Waals surface area contributed by atoms with Crippen LogP contribution in [-0.2, 0) is 11.2 Å². The van der Waals surface area contributed by atoms with Gasteiger partial charge >= 0.3 is 0 Å². The average Bonchev–Trinajstić information content (AvgIpc) is 2.96. The maximum absolute atomic E-state index is 13.2. The standard InChI is InChI=1S/C25H23FN2O2/c26-23-11-9-19(10-12-23)21-8-4-5-18(15-21)16-22-17-28(14-13-27-24(22)29)25(30)20-6-2-1-3-7-20/h1-12,15,22H,13-14,16-17H2,(H,27,29). The van der Waals surface area contributed by atoms with Crippen LogP contribution in [0.1, 0.15) is 15.9 Å². The number of benzene rings is 3. The van der Waals surface area contributed by atoms with Crippen molar-refractivity contribution in [1.82, 2.24) is 10.2 Å². The van der Waals surface area contributed by atoms with Crippen molar-refractivity contribution < 1.29 is 14.0 Å². The fourth-order valence-electron chi connectivity index (χ4n) is 3.81. The predicted octanol–water partition coefficient (Wildman–Crippen LogP) is 3.92. The summed E-state index contributed by atoms with van der Waals surface area (Å²) in [6.45, 7) is 1.31. The SMILES string of the molecule is O=C1NCCN(C(=O)c2ccccc2)CC1Cc1cccc(-c2ccc(F)cc2)c1. The Hall–Kier alpha value is -3.47. The minimum atomic E-state index is -0.330. The van der Waals surface area contributed by atoms with Crippen LogP contribution < -0.4 is 5.32 Å². The number of hydrogen-bond acceptors (Lipinski definition) is 2. The zero-order chi connectivity index (χ0) is 20.9. The quantitative estimate of drug-likeness (QED) is 0.719. The molecule has 1 heterocycles. The third-order valence-corrected chi connectivity index (χ3v) is 5.39. The first-order valence-electron chi connectivity index (χ1n) is 10.1. The van der Waals surface area contributed by atoms with Crippen LogP contribution in [0.5, 0.6) is 0 Å². The molecule has 152 valence electrons. The molecule has 0 bridgehead atoms. The molecule has 0 radical (unpaired) electrons. The van der Waals surface area contributed by atoms with E-state index in [1.54, 1.807) is 29.2 Å². The van der Waals surface area contributed by atoms with Gasteiger partial charge in [-0.2, -0.15) is 0 Å². The predicted molar refractivity (Wildman–Crippen MR) is 114 cm³/mol. The van der Waals surface area contributed by atoms with Gasteiger partial charge in [0, 0.05) is 25.2 Å². The molecule has 4 rings (SSSR count). The summed E-state index contributed by atoms with van der Waals surface area (Å²) in [4.78, 5) is 27.3. The summed E-state index contributed by atoms with van der Waals surface area (Å²) in [6.07, 6.45) is 0.527.